The van der Waals surface area contributed by atoms with E-state index in [0.29, 0.717) is 23.6 Å². The van der Waals surface area contributed by atoms with Gasteiger partial charge in [0.25, 0.3) is 5.91 Å². The van der Waals surface area contributed by atoms with Crippen molar-refractivity contribution in [3.8, 4) is 0 Å². The number of aryl methyl sites for hydroxylation is 1. The summed E-state index contributed by atoms with van der Waals surface area (Å²) in [6.45, 7) is 6.88. The van der Waals surface area contributed by atoms with E-state index >= 15 is 0 Å². The summed E-state index contributed by atoms with van der Waals surface area (Å²) in [4.78, 5) is 19.0. The van der Waals surface area contributed by atoms with Gasteiger partial charge in [0.05, 0.1) is 28.6 Å². The normalized spacial score (nSPS) is 15.5. The van der Waals surface area contributed by atoms with E-state index in [-0.39, 0.29) is 17.2 Å². The molecule has 2 aromatic carbocycles. The highest BCUT2D eigenvalue weighted by Gasteiger charge is 2.30. The zero-order valence-corrected chi connectivity index (χ0v) is 18.3. The van der Waals surface area contributed by atoms with Crippen molar-refractivity contribution in [1.82, 2.24) is 0 Å². The molecule has 10 heteroatoms. The summed E-state index contributed by atoms with van der Waals surface area (Å²) >= 11 is 0. The molecule has 2 aromatic rings. The maximum atomic E-state index is 12.9. The standard InChI is InChI=1S/C21H24N4O5S/c1-4-24(11-12-26)17-7-10-19(14(2)13-17)22-20-15(3)23-25(21(20)27)16-5-8-18(9-6-16)31(28,29)30/h5-10,13,26H,4,11-12H2,1-3H3,(H,28,29,30)/p-1. The Balaban J connectivity index is 1.88. The monoisotopic (exact) mass is 443 g/mol. The van der Waals surface area contributed by atoms with Crippen LogP contribution in [0.3, 0.4) is 0 Å². The quantitative estimate of drug-likeness (QED) is 0.654. The molecule has 164 valence electrons. The molecule has 1 amide bonds. The number of aliphatic hydroxyl groups is 1. The number of benzene rings is 2. The topological polar surface area (TPSA) is 126 Å². The van der Waals surface area contributed by atoms with Gasteiger partial charge in [-0.05, 0) is 68.8 Å². The predicted octanol–water partition coefficient (Wildman–Crippen LogP) is 2.21. The molecule has 0 radical (unpaired) electrons. The van der Waals surface area contributed by atoms with Crippen molar-refractivity contribution in [2.75, 3.05) is 29.6 Å². The molecule has 0 aliphatic carbocycles. The highest BCUT2D eigenvalue weighted by atomic mass is 32.2. The van der Waals surface area contributed by atoms with Gasteiger partial charge in [0.2, 0.25) is 0 Å². The number of carbonyl (C=O) groups is 1. The minimum atomic E-state index is -4.57. The van der Waals surface area contributed by atoms with Crippen molar-refractivity contribution < 1.29 is 22.9 Å². The fraction of sp³-hybridized carbons (Fsp3) is 0.286. The third-order valence-corrected chi connectivity index (χ3v) is 5.74. The Morgan fingerprint density at radius 1 is 1.16 bits per heavy atom. The first kappa shape index (κ1) is 22.6. The number of nitrogens with zero attached hydrogens (tertiary/aromatic N) is 4. The van der Waals surface area contributed by atoms with Gasteiger partial charge in [0.1, 0.15) is 10.1 Å². The van der Waals surface area contributed by atoms with Crippen LogP contribution in [0.5, 0.6) is 0 Å². The second kappa shape index (κ2) is 8.96. The number of aliphatic imine (C=N–C) groups is 1. The van der Waals surface area contributed by atoms with Gasteiger partial charge in [-0.25, -0.2) is 13.4 Å². The van der Waals surface area contributed by atoms with Gasteiger partial charge in [-0.1, -0.05) is 0 Å². The van der Waals surface area contributed by atoms with E-state index in [0.717, 1.165) is 34.9 Å². The van der Waals surface area contributed by atoms with E-state index < -0.39 is 16.0 Å². The Kier molecular flexibility index (Phi) is 6.54. The minimum Gasteiger partial charge on any atom is -0.744 e. The summed E-state index contributed by atoms with van der Waals surface area (Å²) in [6.07, 6.45) is 0. The SMILES string of the molecule is CCN(CCO)c1ccc(N=C2C(=O)N(c3ccc(S(=O)(=O)[O-])cc3)N=C2C)c(C)c1. The zero-order valence-electron chi connectivity index (χ0n) is 17.4. The lowest BCUT2D eigenvalue weighted by Gasteiger charge is -2.22. The van der Waals surface area contributed by atoms with Crippen LogP contribution in [0.15, 0.2) is 57.5 Å². The van der Waals surface area contributed by atoms with Crippen LogP contribution < -0.4 is 9.91 Å². The Bertz CT molecular complexity index is 1160. The Labute approximate surface area is 181 Å². The molecule has 31 heavy (non-hydrogen) atoms. The molecule has 1 aliphatic rings. The lowest BCUT2D eigenvalue weighted by molar-refractivity contribution is -0.112. The number of amides is 1. The maximum absolute atomic E-state index is 12.9. The average Bonchev–Trinajstić information content (AvgIpc) is 3.01. The number of aliphatic hydroxyl groups excluding tert-OH is 1. The van der Waals surface area contributed by atoms with Crippen molar-refractivity contribution >= 4 is 44.5 Å². The van der Waals surface area contributed by atoms with E-state index in [9.17, 15) is 22.9 Å². The largest absolute Gasteiger partial charge is 0.744 e. The lowest BCUT2D eigenvalue weighted by Crippen LogP contribution is -2.27. The van der Waals surface area contributed by atoms with Crippen molar-refractivity contribution in [3.63, 3.8) is 0 Å². The molecule has 0 aromatic heterocycles. The third kappa shape index (κ3) is 4.82. The number of hydrogen-bond acceptors (Lipinski definition) is 8. The fourth-order valence-corrected chi connectivity index (χ4v) is 3.70. The molecular formula is C21H23N4O5S-. The van der Waals surface area contributed by atoms with Gasteiger partial charge in [-0.2, -0.15) is 10.1 Å². The molecule has 0 atom stereocenters. The Morgan fingerprint density at radius 2 is 1.84 bits per heavy atom. The highest BCUT2D eigenvalue weighted by molar-refractivity contribution is 7.85. The molecular weight excluding hydrogens is 420 g/mol. The molecule has 0 saturated carbocycles. The minimum absolute atomic E-state index is 0.0542. The molecule has 0 saturated heterocycles. The van der Waals surface area contributed by atoms with Crippen LogP contribution in [0.25, 0.3) is 0 Å². The first-order valence-electron chi connectivity index (χ1n) is 9.67. The van der Waals surface area contributed by atoms with Crippen molar-refractivity contribution in [2.45, 2.75) is 25.7 Å². The van der Waals surface area contributed by atoms with Gasteiger partial charge >= 0.3 is 0 Å². The van der Waals surface area contributed by atoms with Crippen LogP contribution in [0.4, 0.5) is 17.1 Å². The van der Waals surface area contributed by atoms with E-state index in [2.05, 4.69) is 10.1 Å². The second-order valence-electron chi connectivity index (χ2n) is 6.98. The number of hydrazone groups is 1. The Hall–Kier alpha value is -3.08. The molecule has 1 aliphatic heterocycles. The summed E-state index contributed by atoms with van der Waals surface area (Å²) in [5.41, 5.74) is 3.37. The van der Waals surface area contributed by atoms with Crippen LogP contribution in [0.2, 0.25) is 0 Å². The molecule has 1 N–H and O–H groups in total. The van der Waals surface area contributed by atoms with Crippen LogP contribution in [-0.2, 0) is 14.9 Å². The van der Waals surface area contributed by atoms with Crippen LogP contribution in [-0.4, -0.2) is 55.1 Å². The molecule has 0 spiro atoms. The van der Waals surface area contributed by atoms with Crippen LogP contribution in [0, 0.1) is 6.92 Å². The molecule has 1 heterocycles. The molecule has 0 unspecified atom stereocenters. The smallest absolute Gasteiger partial charge is 0.299 e. The van der Waals surface area contributed by atoms with Crippen molar-refractivity contribution in [2.24, 2.45) is 10.1 Å². The number of anilines is 2. The summed E-state index contributed by atoms with van der Waals surface area (Å²) in [6, 6.07) is 10.6. The molecule has 0 bridgehead atoms. The first-order chi connectivity index (χ1) is 14.7. The van der Waals surface area contributed by atoms with Gasteiger partial charge < -0.3 is 14.6 Å². The van der Waals surface area contributed by atoms with Crippen LogP contribution in [0.1, 0.15) is 19.4 Å². The van der Waals surface area contributed by atoms with Gasteiger partial charge in [0.15, 0.2) is 5.71 Å². The van der Waals surface area contributed by atoms with Gasteiger partial charge in [-0.3, -0.25) is 4.79 Å². The zero-order chi connectivity index (χ0) is 22.8. The summed E-state index contributed by atoms with van der Waals surface area (Å²) in [5, 5.41) is 14.6. The van der Waals surface area contributed by atoms with E-state index in [4.69, 9.17) is 0 Å². The fourth-order valence-electron chi connectivity index (χ4n) is 3.23. The summed E-state index contributed by atoms with van der Waals surface area (Å²) < 4.78 is 33.3. The number of hydrogen-bond donors (Lipinski definition) is 1. The van der Waals surface area contributed by atoms with Gasteiger partial charge in [0, 0.05) is 18.8 Å². The molecule has 3 rings (SSSR count). The highest BCUT2D eigenvalue weighted by Crippen LogP contribution is 2.27. The first-order valence-corrected chi connectivity index (χ1v) is 11.1. The predicted molar refractivity (Wildman–Crippen MR) is 118 cm³/mol. The van der Waals surface area contributed by atoms with E-state index in [1.165, 1.54) is 12.1 Å². The lowest BCUT2D eigenvalue weighted by atomic mass is 10.1. The van der Waals surface area contributed by atoms with Crippen molar-refractivity contribution in [3.05, 3.63) is 48.0 Å². The summed E-state index contributed by atoms with van der Waals surface area (Å²) in [5.74, 6) is -0.450. The second-order valence-corrected chi connectivity index (χ2v) is 8.36. The number of carbonyl (C=O) groups excluding carboxylic acids is 1. The third-order valence-electron chi connectivity index (χ3n) is 4.89. The maximum Gasteiger partial charge on any atom is 0.299 e. The molecule has 0 fully saturated rings. The van der Waals surface area contributed by atoms with Crippen LogP contribution >= 0.6 is 0 Å². The van der Waals surface area contributed by atoms with E-state index in [1.807, 2.05) is 36.9 Å². The van der Waals surface area contributed by atoms with Crippen molar-refractivity contribution in [1.29, 1.82) is 0 Å². The summed E-state index contributed by atoms with van der Waals surface area (Å²) in [7, 11) is -4.57. The van der Waals surface area contributed by atoms with E-state index in [1.54, 1.807) is 6.92 Å². The number of rotatable bonds is 7. The number of likely N-dealkylation sites (N-methyl/N-ethyl adjacent to an activating group) is 1. The van der Waals surface area contributed by atoms with Gasteiger partial charge in [-0.15, -0.1) is 0 Å². The average molecular weight is 444 g/mol. The molecule has 9 nitrogen and oxygen atoms in total. The Morgan fingerprint density at radius 3 is 2.39 bits per heavy atom.